The van der Waals surface area contributed by atoms with E-state index < -0.39 is 0 Å². The zero-order valence-corrected chi connectivity index (χ0v) is 14.2. The summed E-state index contributed by atoms with van der Waals surface area (Å²) >= 11 is 3.55. The molecule has 2 N–H and O–H groups in total. The van der Waals surface area contributed by atoms with E-state index >= 15 is 0 Å². The van der Waals surface area contributed by atoms with Crippen LogP contribution in [0.25, 0.3) is 0 Å². The number of halogens is 1. The molecule has 2 aliphatic carbocycles. The summed E-state index contributed by atoms with van der Waals surface area (Å²) in [7, 11) is 0. The van der Waals surface area contributed by atoms with Gasteiger partial charge in [-0.2, -0.15) is 0 Å². The smallest absolute Gasteiger partial charge is 0.0499 e. The molecule has 1 aromatic rings. The lowest BCUT2D eigenvalue weighted by Crippen LogP contribution is -2.47. The Balaban J connectivity index is 1.46. The average molecular weight is 352 g/mol. The van der Waals surface area contributed by atoms with Gasteiger partial charge < -0.3 is 10.4 Å². The molecule has 2 aliphatic rings. The number of rotatable bonds is 5. The van der Waals surface area contributed by atoms with Gasteiger partial charge in [-0.25, -0.2) is 0 Å². The normalized spacial score (nSPS) is 28.1. The van der Waals surface area contributed by atoms with E-state index in [1.54, 1.807) is 0 Å². The second kappa shape index (κ2) is 6.80. The Kier molecular flexibility index (Phi) is 5.03. The fraction of sp³-hybridized carbons (Fsp3) is 0.667. The van der Waals surface area contributed by atoms with Crippen molar-refractivity contribution in [2.75, 3.05) is 13.2 Å². The molecule has 0 saturated heterocycles. The summed E-state index contributed by atoms with van der Waals surface area (Å²) in [5.41, 5.74) is 1.62. The van der Waals surface area contributed by atoms with Crippen molar-refractivity contribution in [1.82, 2.24) is 5.32 Å². The van der Waals surface area contributed by atoms with Gasteiger partial charge >= 0.3 is 0 Å². The molecular formula is C18H26BrNO. The molecule has 0 amide bonds. The number of hydrogen-bond donors (Lipinski definition) is 2. The van der Waals surface area contributed by atoms with E-state index in [-0.39, 0.29) is 5.41 Å². The summed E-state index contributed by atoms with van der Waals surface area (Å²) in [6.45, 7) is 1.35. The maximum atomic E-state index is 9.76. The second-order valence-corrected chi connectivity index (χ2v) is 7.94. The first kappa shape index (κ1) is 15.5. The van der Waals surface area contributed by atoms with Crippen LogP contribution < -0.4 is 5.32 Å². The summed E-state index contributed by atoms with van der Waals surface area (Å²) in [6, 6.07) is 9.34. The molecule has 0 bridgehead atoms. The van der Waals surface area contributed by atoms with Gasteiger partial charge in [0.25, 0.3) is 0 Å². The van der Waals surface area contributed by atoms with Crippen LogP contribution in [-0.4, -0.2) is 24.3 Å². The average Bonchev–Trinajstić information content (AvgIpc) is 2.47. The summed E-state index contributed by atoms with van der Waals surface area (Å²) in [4.78, 5) is 0. The second-order valence-electron chi connectivity index (χ2n) is 7.02. The Morgan fingerprint density at radius 1 is 1.19 bits per heavy atom. The molecule has 3 heteroatoms. The van der Waals surface area contributed by atoms with Crippen LogP contribution in [0, 0.1) is 5.41 Å². The van der Waals surface area contributed by atoms with E-state index in [1.165, 1.54) is 55.0 Å². The van der Waals surface area contributed by atoms with E-state index in [0.29, 0.717) is 18.6 Å². The highest BCUT2D eigenvalue weighted by Gasteiger charge is 2.35. The zero-order chi connectivity index (χ0) is 14.7. The number of nitrogens with one attached hydrogen (secondary N) is 1. The van der Waals surface area contributed by atoms with Crippen LogP contribution in [0.1, 0.15) is 56.4 Å². The molecule has 21 heavy (non-hydrogen) atoms. The van der Waals surface area contributed by atoms with Gasteiger partial charge in [0.1, 0.15) is 0 Å². The molecule has 0 heterocycles. The van der Waals surface area contributed by atoms with Gasteiger partial charge in [0.2, 0.25) is 0 Å². The van der Waals surface area contributed by atoms with E-state index in [0.717, 1.165) is 6.54 Å². The van der Waals surface area contributed by atoms with Gasteiger partial charge in [0.05, 0.1) is 0 Å². The monoisotopic (exact) mass is 351 g/mol. The van der Waals surface area contributed by atoms with Crippen LogP contribution in [0.4, 0.5) is 0 Å². The molecule has 0 aromatic heterocycles. The number of aliphatic hydroxyl groups excluding tert-OH is 1. The Morgan fingerprint density at radius 3 is 2.62 bits per heavy atom. The lowest BCUT2D eigenvalue weighted by Gasteiger charge is -2.41. The highest BCUT2D eigenvalue weighted by atomic mass is 79.9. The van der Waals surface area contributed by atoms with E-state index in [9.17, 15) is 5.11 Å². The van der Waals surface area contributed by atoms with Crippen molar-refractivity contribution in [2.45, 2.75) is 56.9 Å². The van der Waals surface area contributed by atoms with Gasteiger partial charge in [0.15, 0.2) is 0 Å². The Labute approximate surface area is 136 Å². The summed E-state index contributed by atoms with van der Waals surface area (Å²) in [6.07, 6.45) is 8.77. The molecule has 116 valence electrons. The van der Waals surface area contributed by atoms with Gasteiger partial charge in [-0.1, -0.05) is 47.3 Å². The molecule has 0 unspecified atom stereocenters. The number of hydrogen-bond acceptors (Lipinski definition) is 2. The van der Waals surface area contributed by atoms with Crippen LogP contribution in [0.15, 0.2) is 28.7 Å². The largest absolute Gasteiger partial charge is 0.396 e. The van der Waals surface area contributed by atoms with Crippen molar-refractivity contribution in [2.24, 2.45) is 5.41 Å². The minimum absolute atomic E-state index is 0.166. The summed E-state index contributed by atoms with van der Waals surface area (Å²) in [5, 5.41) is 13.5. The Morgan fingerprint density at radius 2 is 1.95 bits per heavy atom. The van der Waals surface area contributed by atoms with Crippen molar-refractivity contribution < 1.29 is 5.11 Å². The lowest BCUT2D eigenvalue weighted by molar-refractivity contribution is 0.0732. The highest BCUT2D eigenvalue weighted by Crippen LogP contribution is 2.39. The molecule has 0 atom stereocenters. The maximum Gasteiger partial charge on any atom is 0.0499 e. The SMILES string of the molecule is OCC1(CNC2CC(c3cccc(Br)c3)C2)CCCCC1. The van der Waals surface area contributed by atoms with Crippen molar-refractivity contribution in [3.63, 3.8) is 0 Å². The molecule has 3 rings (SSSR count). The van der Waals surface area contributed by atoms with Crippen LogP contribution >= 0.6 is 15.9 Å². The molecule has 0 aliphatic heterocycles. The molecule has 0 radical (unpaired) electrons. The highest BCUT2D eigenvalue weighted by molar-refractivity contribution is 9.10. The first-order chi connectivity index (χ1) is 10.2. The number of aliphatic hydroxyl groups is 1. The molecule has 2 nitrogen and oxygen atoms in total. The minimum Gasteiger partial charge on any atom is -0.396 e. The third-order valence-electron chi connectivity index (χ3n) is 5.47. The van der Waals surface area contributed by atoms with Crippen LogP contribution in [0.3, 0.4) is 0 Å². The van der Waals surface area contributed by atoms with E-state index in [2.05, 4.69) is 45.5 Å². The standard InChI is InChI=1S/C18H26BrNO/c19-16-6-4-5-14(9-16)15-10-17(11-15)20-12-18(13-21)7-2-1-3-8-18/h4-6,9,15,17,20-21H,1-3,7-8,10-13H2. The van der Waals surface area contributed by atoms with Crippen LogP contribution in [0.2, 0.25) is 0 Å². The Bertz CT molecular complexity index is 464. The van der Waals surface area contributed by atoms with Crippen LogP contribution in [-0.2, 0) is 0 Å². The predicted octanol–water partition coefficient (Wildman–Crippen LogP) is 4.23. The van der Waals surface area contributed by atoms with E-state index in [1.807, 2.05) is 0 Å². The quantitative estimate of drug-likeness (QED) is 0.831. The van der Waals surface area contributed by atoms with Gasteiger partial charge in [-0.15, -0.1) is 0 Å². The maximum absolute atomic E-state index is 9.76. The third kappa shape index (κ3) is 3.69. The van der Waals surface area contributed by atoms with Crippen molar-refractivity contribution >= 4 is 15.9 Å². The molecule has 0 spiro atoms. The zero-order valence-electron chi connectivity index (χ0n) is 12.7. The van der Waals surface area contributed by atoms with Gasteiger partial charge in [0, 0.05) is 29.1 Å². The predicted molar refractivity (Wildman–Crippen MR) is 90.5 cm³/mol. The minimum atomic E-state index is 0.166. The molecule has 2 fully saturated rings. The summed E-state index contributed by atoms with van der Waals surface area (Å²) in [5.74, 6) is 0.705. The molecular weight excluding hydrogens is 326 g/mol. The first-order valence-corrected chi connectivity index (χ1v) is 9.10. The van der Waals surface area contributed by atoms with Crippen molar-refractivity contribution in [3.8, 4) is 0 Å². The van der Waals surface area contributed by atoms with Crippen LogP contribution in [0.5, 0.6) is 0 Å². The van der Waals surface area contributed by atoms with Gasteiger partial charge in [-0.05, 0) is 49.3 Å². The van der Waals surface area contributed by atoms with Gasteiger partial charge in [-0.3, -0.25) is 0 Å². The lowest BCUT2D eigenvalue weighted by atomic mass is 9.72. The van der Waals surface area contributed by atoms with Crippen molar-refractivity contribution in [1.29, 1.82) is 0 Å². The van der Waals surface area contributed by atoms with Crippen molar-refractivity contribution in [3.05, 3.63) is 34.3 Å². The number of benzene rings is 1. The fourth-order valence-corrected chi connectivity index (χ4v) is 4.29. The molecule has 2 saturated carbocycles. The topological polar surface area (TPSA) is 32.3 Å². The third-order valence-corrected chi connectivity index (χ3v) is 5.97. The molecule has 1 aromatic carbocycles. The Hall–Kier alpha value is -0.380. The van der Waals surface area contributed by atoms with E-state index in [4.69, 9.17) is 0 Å². The fourth-order valence-electron chi connectivity index (χ4n) is 3.87. The first-order valence-electron chi connectivity index (χ1n) is 8.30. The summed E-state index contributed by atoms with van der Waals surface area (Å²) < 4.78 is 1.18.